The zero-order valence-electron chi connectivity index (χ0n) is 10.00. The Hall–Kier alpha value is -2.23. The zero-order chi connectivity index (χ0) is 13.0. The molecule has 4 nitrogen and oxygen atoms in total. The number of carbonyl (C=O) groups is 1. The molecule has 4 heteroatoms. The van der Waals surface area contributed by atoms with Gasteiger partial charge in [-0.05, 0) is 30.2 Å². The van der Waals surface area contributed by atoms with Gasteiger partial charge in [-0.2, -0.15) is 0 Å². The monoisotopic (exact) mass is 246 g/mol. The summed E-state index contributed by atoms with van der Waals surface area (Å²) in [6.45, 7) is 1.78. The van der Waals surface area contributed by atoms with Crippen LogP contribution in [0.2, 0.25) is 0 Å². The summed E-state index contributed by atoms with van der Waals surface area (Å²) in [6, 6.07) is 9.13. The molecule has 1 heterocycles. The second-order valence-corrected chi connectivity index (χ2v) is 3.89. The third-order valence-electron chi connectivity index (χ3n) is 2.61. The molecule has 0 aliphatic rings. The van der Waals surface area contributed by atoms with E-state index in [9.17, 15) is 4.79 Å². The summed E-state index contributed by atoms with van der Waals surface area (Å²) in [6.07, 6.45) is 2.83. The van der Waals surface area contributed by atoms with Crippen molar-refractivity contribution in [1.82, 2.24) is 0 Å². The van der Waals surface area contributed by atoms with Crippen molar-refractivity contribution in [3.8, 4) is 16.9 Å². The molecule has 1 unspecified atom stereocenters. The van der Waals surface area contributed by atoms with Crippen molar-refractivity contribution in [1.29, 1.82) is 0 Å². The summed E-state index contributed by atoms with van der Waals surface area (Å²) in [7, 11) is 0. The molecule has 0 bridgehead atoms. The van der Waals surface area contributed by atoms with E-state index in [2.05, 4.69) is 0 Å². The summed E-state index contributed by atoms with van der Waals surface area (Å²) < 4.78 is 10.4. The maximum Gasteiger partial charge on any atom is 0.344 e. The van der Waals surface area contributed by atoms with E-state index in [0.29, 0.717) is 12.2 Å². The van der Waals surface area contributed by atoms with Crippen LogP contribution in [0.1, 0.15) is 13.3 Å². The first kappa shape index (κ1) is 12.2. The number of hydrogen-bond donors (Lipinski definition) is 1. The summed E-state index contributed by atoms with van der Waals surface area (Å²) in [4.78, 5) is 10.9. The van der Waals surface area contributed by atoms with Gasteiger partial charge in [0.25, 0.3) is 0 Å². The van der Waals surface area contributed by atoms with Gasteiger partial charge in [-0.1, -0.05) is 19.1 Å². The van der Waals surface area contributed by atoms with Gasteiger partial charge in [0, 0.05) is 5.56 Å². The number of carboxylic acid groups (broad SMARTS) is 1. The van der Waals surface area contributed by atoms with Crippen LogP contribution in [-0.2, 0) is 4.79 Å². The molecule has 0 amide bonds. The van der Waals surface area contributed by atoms with Crippen LogP contribution < -0.4 is 4.74 Å². The maximum absolute atomic E-state index is 10.9. The minimum Gasteiger partial charge on any atom is -0.479 e. The molecule has 0 radical (unpaired) electrons. The Kier molecular flexibility index (Phi) is 3.67. The SMILES string of the molecule is CCC(Oc1cccc(-c2ccoc2)c1)C(=O)O. The molecule has 0 aliphatic carbocycles. The molecular weight excluding hydrogens is 232 g/mol. The predicted molar refractivity (Wildman–Crippen MR) is 66.5 cm³/mol. The number of hydrogen-bond acceptors (Lipinski definition) is 3. The molecule has 0 spiro atoms. The van der Waals surface area contributed by atoms with Gasteiger partial charge >= 0.3 is 5.97 Å². The van der Waals surface area contributed by atoms with Gasteiger partial charge < -0.3 is 14.3 Å². The Morgan fingerprint density at radius 2 is 2.22 bits per heavy atom. The average Bonchev–Trinajstić information content (AvgIpc) is 2.90. The fourth-order valence-corrected chi connectivity index (χ4v) is 1.65. The van der Waals surface area contributed by atoms with Crippen LogP contribution in [0.3, 0.4) is 0 Å². The largest absolute Gasteiger partial charge is 0.479 e. The fourth-order valence-electron chi connectivity index (χ4n) is 1.65. The molecular formula is C14H14O4. The lowest BCUT2D eigenvalue weighted by atomic mass is 10.1. The number of furan rings is 1. The van der Waals surface area contributed by atoms with E-state index >= 15 is 0 Å². The molecule has 94 valence electrons. The van der Waals surface area contributed by atoms with Gasteiger partial charge in [0.05, 0.1) is 12.5 Å². The van der Waals surface area contributed by atoms with E-state index in [-0.39, 0.29) is 0 Å². The highest BCUT2D eigenvalue weighted by Crippen LogP contribution is 2.25. The Bertz CT molecular complexity index is 516. The Balaban J connectivity index is 2.20. The first-order valence-electron chi connectivity index (χ1n) is 5.73. The van der Waals surface area contributed by atoms with E-state index in [1.807, 2.05) is 18.2 Å². The molecule has 1 N–H and O–H groups in total. The van der Waals surface area contributed by atoms with Gasteiger partial charge in [0.1, 0.15) is 5.75 Å². The smallest absolute Gasteiger partial charge is 0.344 e. The van der Waals surface area contributed by atoms with Gasteiger partial charge in [-0.3, -0.25) is 0 Å². The van der Waals surface area contributed by atoms with Crippen LogP contribution in [0.5, 0.6) is 5.75 Å². The second kappa shape index (κ2) is 5.40. The molecule has 1 atom stereocenters. The van der Waals surface area contributed by atoms with E-state index < -0.39 is 12.1 Å². The molecule has 0 saturated carbocycles. The Labute approximate surface area is 105 Å². The van der Waals surface area contributed by atoms with E-state index in [4.69, 9.17) is 14.3 Å². The third kappa shape index (κ3) is 2.71. The topological polar surface area (TPSA) is 59.7 Å². The molecule has 18 heavy (non-hydrogen) atoms. The molecule has 1 aromatic carbocycles. The van der Waals surface area contributed by atoms with Crippen LogP contribution in [0.15, 0.2) is 47.3 Å². The number of ether oxygens (including phenoxy) is 1. The van der Waals surface area contributed by atoms with Crippen molar-refractivity contribution < 1.29 is 19.1 Å². The lowest BCUT2D eigenvalue weighted by Crippen LogP contribution is -2.25. The quantitative estimate of drug-likeness (QED) is 0.880. The van der Waals surface area contributed by atoms with Gasteiger partial charge in [-0.15, -0.1) is 0 Å². The van der Waals surface area contributed by atoms with Crippen molar-refractivity contribution in [2.75, 3.05) is 0 Å². The second-order valence-electron chi connectivity index (χ2n) is 3.89. The molecule has 0 saturated heterocycles. The van der Waals surface area contributed by atoms with Crippen LogP contribution >= 0.6 is 0 Å². The lowest BCUT2D eigenvalue weighted by Gasteiger charge is -2.13. The van der Waals surface area contributed by atoms with E-state index in [0.717, 1.165) is 11.1 Å². The number of carboxylic acids is 1. The molecule has 2 aromatic rings. The van der Waals surface area contributed by atoms with Crippen LogP contribution in [0.4, 0.5) is 0 Å². The number of rotatable bonds is 5. The van der Waals surface area contributed by atoms with Crippen LogP contribution in [0.25, 0.3) is 11.1 Å². The first-order chi connectivity index (χ1) is 8.70. The van der Waals surface area contributed by atoms with Crippen molar-refractivity contribution in [2.45, 2.75) is 19.4 Å². The van der Waals surface area contributed by atoms with E-state index in [1.165, 1.54) is 0 Å². The Morgan fingerprint density at radius 3 is 2.83 bits per heavy atom. The fraction of sp³-hybridized carbons (Fsp3) is 0.214. The third-order valence-corrected chi connectivity index (χ3v) is 2.61. The van der Waals surface area contributed by atoms with Gasteiger partial charge in [0.2, 0.25) is 0 Å². The predicted octanol–water partition coefficient (Wildman–Crippen LogP) is 3.19. The van der Waals surface area contributed by atoms with Crippen molar-refractivity contribution in [2.24, 2.45) is 0 Å². The van der Waals surface area contributed by atoms with Crippen LogP contribution in [-0.4, -0.2) is 17.2 Å². The summed E-state index contributed by atoms with van der Waals surface area (Å²) in [5, 5.41) is 8.95. The average molecular weight is 246 g/mol. The van der Waals surface area contributed by atoms with Crippen molar-refractivity contribution >= 4 is 5.97 Å². The normalized spacial score (nSPS) is 12.1. The number of benzene rings is 1. The highest BCUT2D eigenvalue weighted by atomic mass is 16.5. The van der Waals surface area contributed by atoms with E-state index in [1.54, 1.807) is 31.6 Å². The number of aliphatic carboxylic acids is 1. The first-order valence-corrected chi connectivity index (χ1v) is 5.73. The molecule has 0 fully saturated rings. The highest BCUT2D eigenvalue weighted by molar-refractivity contribution is 5.73. The summed E-state index contributed by atoms with van der Waals surface area (Å²) >= 11 is 0. The standard InChI is InChI=1S/C14H14O4/c1-2-13(14(15)16)18-12-5-3-4-10(8-12)11-6-7-17-9-11/h3-9,13H,2H2,1H3,(H,15,16). The van der Waals surface area contributed by atoms with Gasteiger partial charge in [-0.25, -0.2) is 4.79 Å². The molecule has 2 rings (SSSR count). The maximum atomic E-state index is 10.9. The Morgan fingerprint density at radius 1 is 1.39 bits per heavy atom. The van der Waals surface area contributed by atoms with Crippen LogP contribution in [0, 0.1) is 0 Å². The van der Waals surface area contributed by atoms with Crippen molar-refractivity contribution in [3.63, 3.8) is 0 Å². The minimum atomic E-state index is -0.953. The minimum absolute atomic E-state index is 0.422. The summed E-state index contributed by atoms with van der Waals surface area (Å²) in [5.74, 6) is -0.408. The zero-order valence-corrected chi connectivity index (χ0v) is 10.00. The highest BCUT2D eigenvalue weighted by Gasteiger charge is 2.16. The molecule has 1 aromatic heterocycles. The summed E-state index contributed by atoms with van der Waals surface area (Å²) in [5.41, 5.74) is 1.87. The molecule has 0 aliphatic heterocycles. The van der Waals surface area contributed by atoms with Crippen molar-refractivity contribution in [3.05, 3.63) is 42.9 Å². The lowest BCUT2D eigenvalue weighted by molar-refractivity contribution is -0.145. The van der Waals surface area contributed by atoms with Gasteiger partial charge in [0.15, 0.2) is 6.10 Å².